The standard InChI is InChI=1S/C18H23N3O3/c1-14-5-6-17(23-2)16(12-14)19-18(22)21-9-7-20(8-10-21)13-15-4-3-11-24-15/h3-6,11-12H,7-10,13H2,1-2H3,(H,19,22). The molecular weight excluding hydrogens is 306 g/mol. The molecule has 1 N–H and O–H groups in total. The molecule has 1 aliphatic rings. The van der Waals surface area contributed by atoms with Crippen molar-refractivity contribution in [3.8, 4) is 5.75 Å². The second kappa shape index (κ2) is 7.40. The number of piperazine rings is 1. The third-order valence-electron chi connectivity index (χ3n) is 4.22. The zero-order valence-corrected chi connectivity index (χ0v) is 14.1. The maximum atomic E-state index is 12.5. The van der Waals surface area contributed by atoms with Gasteiger partial charge in [0, 0.05) is 26.2 Å². The van der Waals surface area contributed by atoms with Gasteiger partial charge in [-0.05, 0) is 36.8 Å². The molecule has 1 fully saturated rings. The van der Waals surface area contributed by atoms with Gasteiger partial charge in [0.05, 0.1) is 25.6 Å². The third kappa shape index (κ3) is 3.89. The van der Waals surface area contributed by atoms with Gasteiger partial charge in [-0.2, -0.15) is 0 Å². The second-order valence-corrected chi connectivity index (χ2v) is 5.98. The Morgan fingerprint density at radius 3 is 2.71 bits per heavy atom. The molecular formula is C18H23N3O3. The average molecular weight is 329 g/mol. The van der Waals surface area contributed by atoms with Gasteiger partial charge in [-0.25, -0.2) is 4.79 Å². The third-order valence-corrected chi connectivity index (χ3v) is 4.22. The van der Waals surface area contributed by atoms with Crippen LogP contribution >= 0.6 is 0 Å². The number of furan rings is 1. The van der Waals surface area contributed by atoms with Gasteiger partial charge in [0.15, 0.2) is 0 Å². The maximum Gasteiger partial charge on any atom is 0.322 e. The Bertz CT molecular complexity index is 677. The molecule has 1 aromatic carbocycles. The molecule has 2 amide bonds. The number of hydrogen-bond donors (Lipinski definition) is 1. The second-order valence-electron chi connectivity index (χ2n) is 5.98. The van der Waals surface area contributed by atoms with Crippen LogP contribution in [0.3, 0.4) is 0 Å². The number of nitrogens with zero attached hydrogens (tertiary/aromatic N) is 2. The summed E-state index contributed by atoms with van der Waals surface area (Å²) in [5.41, 5.74) is 1.79. The fourth-order valence-corrected chi connectivity index (χ4v) is 2.85. The number of anilines is 1. The monoisotopic (exact) mass is 329 g/mol. The van der Waals surface area contributed by atoms with Crippen LogP contribution in [-0.2, 0) is 6.54 Å². The molecule has 1 aromatic heterocycles. The van der Waals surface area contributed by atoms with Crippen molar-refractivity contribution < 1.29 is 13.9 Å². The quantitative estimate of drug-likeness (QED) is 0.937. The summed E-state index contributed by atoms with van der Waals surface area (Å²) in [5.74, 6) is 1.63. The van der Waals surface area contributed by atoms with E-state index in [-0.39, 0.29) is 6.03 Å². The molecule has 6 nitrogen and oxygen atoms in total. The summed E-state index contributed by atoms with van der Waals surface area (Å²) in [5, 5.41) is 2.96. The fourth-order valence-electron chi connectivity index (χ4n) is 2.85. The van der Waals surface area contributed by atoms with E-state index in [0.29, 0.717) is 24.5 Å². The van der Waals surface area contributed by atoms with Crippen molar-refractivity contribution in [2.24, 2.45) is 0 Å². The minimum absolute atomic E-state index is 0.0865. The largest absolute Gasteiger partial charge is 0.495 e. The highest BCUT2D eigenvalue weighted by Crippen LogP contribution is 2.25. The van der Waals surface area contributed by atoms with Gasteiger partial charge in [-0.3, -0.25) is 4.90 Å². The summed E-state index contributed by atoms with van der Waals surface area (Å²) in [6.45, 7) is 5.83. The average Bonchev–Trinajstić information content (AvgIpc) is 3.09. The van der Waals surface area contributed by atoms with Crippen molar-refractivity contribution in [2.45, 2.75) is 13.5 Å². The van der Waals surface area contributed by atoms with Crippen molar-refractivity contribution in [3.63, 3.8) is 0 Å². The molecule has 2 aromatic rings. The van der Waals surface area contributed by atoms with Crippen LogP contribution in [0.15, 0.2) is 41.0 Å². The maximum absolute atomic E-state index is 12.5. The Balaban J connectivity index is 1.54. The van der Waals surface area contributed by atoms with Crippen LogP contribution < -0.4 is 10.1 Å². The van der Waals surface area contributed by atoms with Gasteiger partial charge in [0.25, 0.3) is 0 Å². The van der Waals surface area contributed by atoms with E-state index in [1.54, 1.807) is 13.4 Å². The molecule has 2 heterocycles. The lowest BCUT2D eigenvalue weighted by Crippen LogP contribution is -2.49. The lowest BCUT2D eigenvalue weighted by atomic mass is 10.2. The van der Waals surface area contributed by atoms with Crippen LogP contribution in [0.4, 0.5) is 10.5 Å². The molecule has 3 rings (SSSR count). The first kappa shape index (κ1) is 16.4. The number of methoxy groups -OCH3 is 1. The molecule has 6 heteroatoms. The van der Waals surface area contributed by atoms with Crippen LogP contribution in [-0.4, -0.2) is 49.1 Å². The highest BCUT2D eigenvalue weighted by Gasteiger charge is 2.22. The molecule has 0 bridgehead atoms. The zero-order valence-electron chi connectivity index (χ0n) is 14.1. The topological polar surface area (TPSA) is 58.0 Å². The van der Waals surface area contributed by atoms with Gasteiger partial charge >= 0.3 is 6.03 Å². The lowest BCUT2D eigenvalue weighted by Gasteiger charge is -2.34. The molecule has 1 saturated heterocycles. The number of aryl methyl sites for hydroxylation is 1. The normalized spacial score (nSPS) is 15.3. The summed E-state index contributed by atoms with van der Waals surface area (Å²) in [7, 11) is 1.60. The highest BCUT2D eigenvalue weighted by atomic mass is 16.5. The van der Waals surface area contributed by atoms with Crippen LogP contribution in [0.1, 0.15) is 11.3 Å². The number of hydrogen-bond acceptors (Lipinski definition) is 4. The number of nitrogens with one attached hydrogen (secondary N) is 1. The van der Waals surface area contributed by atoms with Crippen LogP contribution in [0.5, 0.6) is 5.75 Å². The van der Waals surface area contributed by atoms with Gasteiger partial charge in [0.2, 0.25) is 0 Å². The van der Waals surface area contributed by atoms with Gasteiger partial charge in [0.1, 0.15) is 11.5 Å². The highest BCUT2D eigenvalue weighted by molar-refractivity contribution is 5.91. The Kier molecular flexibility index (Phi) is 5.05. The molecule has 0 unspecified atom stereocenters. The van der Waals surface area contributed by atoms with E-state index in [4.69, 9.17) is 9.15 Å². The van der Waals surface area contributed by atoms with Crippen molar-refractivity contribution >= 4 is 11.7 Å². The number of carbonyl (C=O) groups is 1. The molecule has 0 atom stereocenters. The van der Waals surface area contributed by atoms with E-state index in [2.05, 4.69) is 10.2 Å². The summed E-state index contributed by atoms with van der Waals surface area (Å²) in [6, 6.07) is 9.53. The molecule has 0 spiro atoms. The van der Waals surface area contributed by atoms with E-state index < -0.39 is 0 Å². The molecule has 0 aliphatic carbocycles. The summed E-state index contributed by atoms with van der Waals surface area (Å²) >= 11 is 0. The molecule has 0 radical (unpaired) electrons. The number of ether oxygens (including phenoxy) is 1. The molecule has 128 valence electrons. The first-order valence-electron chi connectivity index (χ1n) is 8.11. The van der Waals surface area contributed by atoms with Crippen LogP contribution in [0, 0.1) is 6.92 Å². The van der Waals surface area contributed by atoms with Gasteiger partial charge < -0.3 is 19.4 Å². The number of urea groups is 1. The summed E-state index contributed by atoms with van der Waals surface area (Å²) in [6.07, 6.45) is 1.69. The fraction of sp³-hybridized carbons (Fsp3) is 0.389. The van der Waals surface area contributed by atoms with Crippen LogP contribution in [0.25, 0.3) is 0 Å². The summed E-state index contributed by atoms with van der Waals surface area (Å²) in [4.78, 5) is 16.6. The smallest absolute Gasteiger partial charge is 0.322 e. The van der Waals surface area contributed by atoms with E-state index in [9.17, 15) is 4.79 Å². The molecule has 1 aliphatic heterocycles. The Morgan fingerprint density at radius 2 is 2.04 bits per heavy atom. The molecule has 0 saturated carbocycles. The Morgan fingerprint density at radius 1 is 1.25 bits per heavy atom. The van der Waals surface area contributed by atoms with E-state index >= 15 is 0 Å². The summed E-state index contributed by atoms with van der Waals surface area (Å²) < 4.78 is 10.7. The Labute approximate surface area is 142 Å². The number of benzene rings is 1. The van der Waals surface area contributed by atoms with Gasteiger partial charge in [-0.1, -0.05) is 6.07 Å². The van der Waals surface area contributed by atoms with Crippen molar-refractivity contribution in [2.75, 3.05) is 38.6 Å². The Hall–Kier alpha value is -2.47. The number of carbonyl (C=O) groups excluding carboxylic acids is 1. The van der Waals surface area contributed by atoms with Crippen molar-refractivity contribution in [3.05, 3.63) is 47.9 Å². The number of rotatable bonds is 4. The molecule has 24 heavy (non-hydrogen) atoms. The van der Waals surface area contributed by atoms with Crippen molar-refractivity contribution in [1.29, 1.82) is 0 Å². The zero-order chi connectivity index (χ0) is 16.9. The predicted octanol–water partition coefficient (Wildman–Crippen LogP) is 2.95. The lowest BCUT2D eigenvalue weighted by molar-refractivity contribution is 0.137. The van der Waals surface area contributed by atoms with E-state index in [0.717, 1.165) is 31.0 Å². The predicted molar refractivity (Wildman–Crippen MR) is 92.3 cm³/mol. The minimum atomic E-state index is -0.0865. The van der Waals surface area contributed by atoms with E-state index in [1.807, 2.05) is 42.2 Å². The van der Waals surface area contributed by atoms with Crippen molar-refractivity contribution in [1.82, 2.24) is 9.80 Å². The number of amides is 2. The SMILES string of the molecule is COc1ccc(C)cc1NC(=O)N1CCN(Cc2ccco2)CC1. The first-order chi connectivity index (χ1) is 11.7. The first-order valence-corrected chi connectivity index (χ1v) is 8.11. The minimum Gasteiger partial charge on any atom is -0.495 e. The van der Waals surface area contributed by atoms with Gasteiger partial charge in [-0.15, -0.1) is 0 Å². The van der Waals surface area contributed by atoms with Crippen LogP contribution in [0.2, 0.25) is 0 Å². The van der Waals surface area contributed by atoms with E-state index in [1.165, 1.54) is 0 Å².